The fourth-order valence-corrected chi connectivity index (χ4v) is 3.08. The molecular formula is C17H23N3O3. The zero-order valence-electron chi connectivity index (χ0n) is 13.7. The van der Waals surface area contributed by atoms with Crippen LogP contribution in [0.3, 0.4) is 0 Å². The van der Waals surface area contributed by atoms with Gasteiger partial charge in [0.05, 0.1) is 13.2 Å². The maximum absolute atomic E-state index is 12.7. The first-order chi connectivity index (χ1) is 11.1. The maximum Gasteiger partial charge on any atom is 0.246 e. The van der Waals surface area contributed by atoms with Gasteiger partial charge in [-0.2, -0.15) is 0 Å². The fourth-order valence-electron chi connectivity index (χ4n) is 3.08. The first kappa shape index (κ1) is 16.0. The summed E-state index contributed by atoms with van der Waals surface area (Å²) in [5, 5.41) is 1.83. The first-order valence-corrected chi connectivity index (χ1v) is 8.08. The summed E-state index contributed by atoms with van der Waals surface area (Å²) >= 11 is 0. The van der Waals surface area contributed by atoms with Gasteiger partial charge in [0.1, 0.15) is 5.92 Å². The lowest BCUT2D eigenvalue weighted by Crippen LogP contribution is -2.51. The van der Waals surface area contributed by atoms with E-state index < -0.39 is 5.92 Å². The molecule has 0 radical (unpaired) electrons. The van der Waals surface area contributed by atoms with E-state index in [9.17, 15) is 9.59 Å². The summed E-state index contributed by atoms with van der Waals surface area (Å²) < 4.78 is 5.26. The minimum atomic E-state index is -0.599. The summed E-state index contributed by atoms with van der Waals surface area (Å²) in [5.41, 5.74) is 5.93. The molecule has 0 aromatic heterocycles. The zero-order valence-corrected chi connectivity index (χ0v) is 13.7. The second kappa shape index (κ2) is 6.68. The Labute approximate surface area is 136 Å². The number of ether oxygens (including phenoxy) is 1. The molecule has 6 nitrogen and oxygen atoms in total. The normalized spacial score (nSPS) is 22.4. The summed E-state index contributed by atoms with van der Waals surface area (Å²) in [6.45, 7) is 7.11. The van der Waals surface area contributed by atoms with Crippen molar-refractivity contribution in [3.63, 3.8) is 0 Å². The van der Waals surface area contributed by atoms with Crippen molar-refractivity contribution in [2.45, 2.75) is 20.3 Å². The number of nitrogens with zero attached hydrogens (tertiary/aromatic N) is 2. The predicted octanol–water partition coefficient (Wildman–Crippen LogP) is 1.02. The van der Waals surface area contributed by atoms with Crippen LogP contribution in [0.2, 0.25) is 0 Å². The molecule has 0 saturated carbocycles. The molecule has 2 fully saturated rings. The van der Waals surface area contributed by atoms with Crippen molar-refractivity contribution in [1.82, 2.24) is 10.4 Å². The SMILES string of the molecule is Cc1ccc(C)c(N2CC[C@H](C(=O)NN3CCOCC3)C2=O)c1. The Morgan fingerprint density at radius 1 is 1.22 bits per heavy atom. The van der Waals surface area contributed by atoms with Gasteiger partial charge in [0.15, 0.2) is 0 Å². The Morgan fingerprint density at radius 2 is 1.96 bits per heavy atom. The van der Waals surface area contributed by atoms with Gasteiger partial charge in [0.25, 0.3) is 0 Å². The van der Waals surface area contributed by atoms with Crippen LogP contribution in [0, 0.1) is 19.8 Å². The van der Waals surface area contributed by atoms with E-state index in [2.05, 4.69) is 5.43 Å². The van der Waals surface area contributed by atoms with E-state index >= 15 is 0 Å². The highest BCUT2D eigenvalue weighted by Crippen LogP contribution is 2.29. The molecule has 3 rings (SSSR count). The molecule has 1 atom stereocenters. The van der Waals surface area contributed by atoms with Gasteiger partial charge in [-0.05, 0) is 37.5 Å². The van der Waals surface area contributed by atoms with Gasteiger partial charge in [-0.3, -0.25) is 15.0 Å². The van der Waals surface area contributed by atoms with Crippen LogP contribution in [0.1, 0.15) is 17.5 Å². The number of morpholine rings is 1. The number of rotatable bonds is 3. The number of hydrogen-bond acceptors (Lipinski definition) is 4. The molecule has 1 aromatic rings. The third-order valence-electron chi connectivity index (χ3n) is 4.46. The Balaban J connectivity index is 1.68. The molecule has 0 spiro atoms. The summed E-state index contributed by atoms with van der Waals surface area (Å²) in [5.74, 6) is -0.910. The molecule has 0 bridgehead atoms. The quantitative estimate of drug-likeness (QED) is 0.846. The minimum absolute atomic E-state index is 0.107. The molecular weight excluding hydrogens is 294 g/mol. The van der Waals surface area contributed by atoms with Crippen molar-refractivity contribution in [3.05, 3.63) is 29.3 Å². The number of nitrogens with one attached hydrogen (secondary N) is 1. The van der Waals surface area contributed by atoms with Crippen LogP contribution >= 0.6 is 0 Å². The number of aryl methyl sites for hydroxylation is 2. The van der Waals surface area contributed by atoms with Crippen LogP contribution in [-0.4, -0.2) is 49.7 Å². The minimum Gasteiger partial charge on any atom is -0.379 e. The second-order valence-corrected chi connectivity index (χ2v) is 6.20. The standard InChI is InChI=1S/C17H23N3O3/c1-12-3-4-13(2)15(11-12)20-6-5-14(17(20)22)16(21)18-19-7-9-23-10-8-19/h3-4,11,14H,5-10H2,1-2H3,(H,18,21)/t14-/m1/s1. The smallest absolute Gasteiger partial charge is 0.246 e. The van der Waals surface area contributed by atoms with Crippen LogP contribution in [0.5, 0.6) is 0 Å². The molecule has 0 unspecified atom stereocenters. The average Bonchev–Trinajstić information content (AvgIpc) is 2.92. The topological polar surface area (TPSA) is 61.9 Å². The number of hydrazine groups is 1. The molecule has 2 aliphatic rings. The first-order valence-electron chi connectivity index (χ1n) is 8.08. The molecule has 2 saturated heterocycles. The van der Waals surface area contributed by atoms with E-state index in [0.29, 0.717) is 39.3 Å². The van der Waals surface area contributed by atoms with Crippen molar-refractivity contribution in [2.24, 2.45) is 5.92 Å². The van der Waals surface area contributed by atoms with Gasteiger partial charge in [-0.25, -0.2) is 5.01 Å². The molecule has 0 aliphatic carbocycles. The molecule has 23 heavy (non-hydrogen) atoms. The van der Waals surface area contributed by atoms with Gasteiger partial charge in [0, 0.05) is 25.3 Å². The van der Waals surface area contributed by atoms with Crippen molar-refractivity contribution in [3.8, 4) is 0 Å². The summed E-state index contributed by atoms with van der Waals surface area (Å²) in [4.78, 5) is 26.8. The van der Waals surface area contributed by atoms with Crippen LogP contribution in [0.25, 0.3) is 0 Å². The van der Waals surface area contributed by atoms with Crippen molar-refractivity contribution < 1.29 is 14.3 Å². The number of anilines is 1. The Kier molecular flexibility index (Phi) is 4.63. The molecule has 6 heteroatoms. The number of carbonyl (C=O) groups excluding carboxylic acids is 2. The number of benzene rings is 1. The van der Waals surface area contributed by atoms with Crippen LogP contribution in [-0.2, 0) is 14.3 Å². The van der Waals surface area contributed by atoms with E-state index in [-0.39, 0.29) is 11.8 Å². The molecule has 2 aliphatic heterocycles. The maximum atomic E-state index is 12.7. The predicted molar refractivity (Wildman–Crippen MR) is 86.9 cm³/mol. The Bertz CT molecular complexity index is 611. The lowest BCUT2D eigenvalue weighted by Gasteiger charge is -2.28. The van der Waals surface area contributed by atoms with Crippen molar-refractivity contribution in [1.29, 1.82) is 0 Å². The molecule has 124 valence electrons. The van der Waals surface area contributed by atoms with Crippen LogP contribution < -0.4 is 10.3 Å². The number of amides is 2. The lowest BCUT2D eigenvalue weighted by molar-refractivity contribution is -0.137. The van der Waals surface area contributed by atoms with E-state index in [1.165, 1.54) is 0 Å². The highest BCUT2D eigenvalue weighted by atomic mass is 16.5. The average molecular weight is 317 g/mol. The summed E-state index contributed by atoms with van der Waals surface area (Å²) in [6.07, 6.45) is 0.558. The Hall–Kier alpha value is -1.92. The molecule has 1 N–H and O–H groups in total. The van der Waals surface area contributed by atoms with Crippen molar-refractivity contribution in [2.75, 3.05) is 37.7 Å². The molecule has 2 heterocycles. The third-order valence-corrected chi connectivity index (χ3v) is 4.46. The Morgan fingerprint density at radius 3 is 2.70 bits per heavy atom. The highest BCUT2D eigenvalue weighted by molar-refractivity contribution is 6.09. The number of carbonyl (C=O) groups is 2. The van der Waals surface area contributed by atoms with E-state index in [1.54, 1.807) is 4.90 Å². The largest absolute Gasteiger partial charge is 0.379 e. The van der Waals surface area contributed by atoms with Gasteiger partial charge in [0.2, 0.25) is 11.8 Å². The lowest BCUT2D eigenvalue weighted by atomic mass is 10.1. The van der Waals surface area contributed by atoms with Crippen molar-refractivity contribution >= 4 is 17.5 Å². The monoisotopic (exact) mass is 317 g/mol. The highest BCUT2D eigenvalue weighted by Gasteiger charge is 2.38. The van der Waals surface area contributed by atoms with E-state index in [1.807, 2.05) is 37.1 Å². The van der Waals surface area contributed by atoms with Gasteiger partial charge in [-0.1, -0.05) is 12.1 Å². The fraction of sp³-hybridized carbons (Fsp3) is 0.529. The zero-order chi connectivity index (χ0) is 16.4. The molecule has 1 aromatic carbocycles. The van der Waals surface area contributed by atoms with Gasteiger partial charge >= 0.3 is 0 Å². The number of hydrogen-bond donors (Lipinski definition) is 1. The summed E-state index contributed by atoms with van der Waals surface area (Å²) in [6, 6.07) is 6.05. The molecule has 2 amide bonds. The van der Waals surface area contributed by atoms with Crippen LogP contribution in [0.15, 0.2) is 18.2 Å². The van der Waals surface area contributed by atoms with Crippen LogP contribution in [0.4, 0.5) is 5.69 Å². The third kappa shape index (κ3) is 3.38. The second-order valence-electron chi connectivity index (χ2n) is 6.20. The van der Waals surface area contributed by atoms with E-state index in [4.69, 9.17) is 4.74 Å². The summed E-state index contributed by atoms with van der Waals surface area (Å²) in [7, 11) is 0. The van der Waals surface area contributed by atoms with E-state index in [0.717, 1.165) is 16.8 Å². The van der Waals surface area contributed by atoms with Gasteiger partial charge < -0.3 is 9.64 Å². The van der Waals surface area contributed by atoms with Gasteiger partial charge in [-0.15, -0.1) is 0 Å².